The fourth-order valence-electron chi connectivity index (χ4n) is 3.30. The van der Waals surface area contributed by atoms with Gasteiger partial charge in [0.1, 0.15) is 28.7 Å². The molecule has 0 radical (unpaired) electrons. The zero-order chi connectivity index (χ0) is 25.7. The average molecular weight is 650 g/mol. The number of aliphatic imine (C=N–C) groups is 1. The number of hydrogen-bond acceptors (Lipinski definition) is 6. The molecule has 0 spiro atoms. The summed E-state index contributed by atoms with van der Waals surface area (Å²) in [6.45, 7) is 2.28. The Hall–Kier alpha value is -2.52. The summed E-state index contributed by atoms with van der Waals surface area (Å²) in [5, 5.41) is 12.0. The molecule has 1 N–H and O–H groups in total. The second kappa shape index (κ2) is 12.1. The normalized spacial score (nSPS) is 15.6. The molecule has 0 aromatic heterocycles. The number of carbonyl (C=O) groups is 1. The summed E-state index contributed by atoms with van der Waals surface area (Å²) in [5.41, 5.74) is 2.49. The first-order chi connectivity index (χ1) is 17.4. The Balaban J connectivity index is 1.62. The molecule has 3 aromatic carbocycles. The second-order valence-electron chi connectivity index (χ2n) is 7.54. The first-order valence-electron chi connectivity index (χ1n) is 10.9. The van der Waals surface area contributed by atoms with E-state index in [0.717, 1.165) is 20.1 Å². The summed E-state index contributed by atoms with van der Waals surface area (Å²) in [7, 11) is 0. The Labute approximate surface area is 235 Å². The van der Waals surface area contributed by atoms with Crippen LogP contribution in [0.5, 0.6) is 5.75 Å². The Morgan fingerprint density at radius 1 is 1.08 bits per heavy atom. The number of esters is 1. The van der Waals surface area contributed by atoms with E-state index in [1.807, 2.05) is 66.7 Å². The zero-order valence-corrected chi connectivity index (χ0v) is 23.7. The molecule has 1 aliphatic heterocycles. The van der Waals surface area contributed by atoms with E-state index in [-0.39, 0.29) is 17.9 Å². The highest BCUT2D eigenvalue weighted by Crippen LogP contribution is 2.42. The van der Waals surface area contributed by atoms with Crippen molar-refractivity contribution in [2.75, 3.05) is 6.61 Å². The van der Waals surface area contributed by atoms with Gasteiger partial charge in [-0.1, -0.05) is 53.7 Å². The van der Waals surface area contributed by atoms with E-state index in [4.69, 9.17) is 21.1 Å². The largest absolute Gasteiger partial charge is 0.506 e. The van der Waals surface area contributed by atoms with Gasteiger partial charge in [-0.3, -0.25) is 0 Å². The molecule has 3 aromatic rings. The monoisotopic (exact) mass is 647 g/mol. The van der Waals surface area contributed by atoms with Crippen LogP contribution in [0.4, 0.5) is 5.69 Å². The molecule has 0 aliphatic carbocycles. The molecule has 0 saturated carbocycles. The number of ether oxygens (including phenoxy) is 2. The fraction of sp³-hybridized carbons (Fsp3) is 0.111. The molecule has 5 nitrogen and oxygen atoms in total. The first kappa shape index (κ1) is 26.5. The van der Waals surface area contributed by atoms with Crippen molar-refractivity contribution in [3.63, 3.8) is 0 Å². The number of hydrogen-bond donors (Lipinski definition) is 1. The molecule has 9 heteroatoms. The van der Waals surface area contributed by atoms with Crippen molar-refractivity contribution in [1.82, 2.24) is 0 Å². The van der Waals surface area contributed by atoms with Crippen LogP contribution < -0.4 is 4.74 Å². The van der Waals surface area contributed by atoms with E-state index in [9.17, 15) is 9.90 Å². The van der Waals surface area contributed by atoms with Crippen molar-refractivity contribution < 1.29 is 19.4 Å². The number of aliphatic hydroxyl groups excluding tert-OH is 1. The van der Waals surface area contributed by atoms with Gasteiger partial charge >= 0.3 is 5.97 Å². The summed E-state index contributed by atoms with van der Waals surface area (Å²) >= 11 is 14.3. The highest BCUT2D eigenvalue weighted by Gasteiger charge is 2.33. The van der Waals surface area contributed by atoms with Crippen molar-refractivity contribution >= 4 is 78.0 Å². The summed E-state index contributed by atoms with van der Waals surface area (Å²) < 4.78 is 12.6. The van der Waals surface area contributed by atoms with E-state index in [1.54, 1.807) is 13.0 Å². The van der Waals surface area contributed by atoms with Crippen LogP contribution in [0.2, 0.25) is 5.02 Å². The van der Waals surface area contributed by atoms with Crippen LogP contribution in [0.3, 0.4) is 0 Å². The molecule has 0 bridgehead atoms. The van der Waals surface area contributed by atoms with Crippen molar-refractivity contribution in [3.8, 4) is 5.75 Å². The lowest BCUT2D eigenvalue weighted by atomic mass is 10.1. The van der Waals surface area contributed by atoms with E-state index >= 15 is 0 Å². The molecule has 0 atom stereocenters. The van der Waals surface area contributed by atoms with Crippen LogP contribution in [-0.4, -0.2) is 22.7 Å². The standard InChI is InChI=1S/C27H20Br2ClNO4S/c1-2-34-27(33)23-24(32)22(36-26(23)31-19-6-4-3-5-7-19)14-17-12-20(28)25(21(29)13-17)35-15-16-8-10-18(30)11-9-16/h3-14,32H,2,15H2,1H3/b22-14-,31-26?. The molecule has 184 valence electrons. The minimum atomic E-state index is -0.617. The topological polar surface area (TPSA) is 68.1 Å². The van der Waals surface area contributed by atoms with Crippen molar-refractivity contribution in [1.29, 1.82) is 0 Å². The average Bonchev–Trinajstić information content (AvgIpc) is 3.14. The molecule has 0 fully saturated rings. The van der Waals surface area contributed by atoms with Gasteiger partial charge in [0.15, 0.2) is 0 Å². The van der Waals surface area contributed by atoms with Gasteiger partial charge in [-0.2, -0.15) is 0 Å². The molecule has 0 unspecified atom stereocenters. The van der Waals surface area contributed by atoms with Crippen molar-refractivity contribution in [2.45, 2.75) is 13.5 Å². The highest BCUT2D eigenvalue weighted by atomic mass is 79.9. The van der Waals surface area contributed by atoms with Crippen molar-refractivity contribution in [2.24, 2.45) is 4.99 Å². The van der Waals surface area contributed by atoms with Crippen LogP contribution in [-0.2, 0) is 16.1 Å². The van der Waals surface area contributed by atoms with E-state index < -0.39 is 5.97 Å². The van der Waals surface area contributed by atoms with Crippen LogP contribution >= 0.6 is 55.2 Å². The number of carbonyl (C=O) groups excluding carboxylic acids is 1. The molecule has 0 saturated heterocycles. The second-order valence-corrected chi connectivity index (χ2v) is 10.7. The van der Waals surface area contributed by atoms with Crippen LogP contribution in [0.25, 0.3) is 6.08 Å². The lowest BCUT2D eigenvalue weighted by Crippen LogP contribution is -2.12. The smallest absolute Gasteiger partial charge is 0.344 e. The molecule has 1 heterocycles. The Morgan fingerprint density at radius 2 is 1.75 bits per heavy atom. The van der Waals surface area contributed by atoms with E-state index in [0.29, 0.717) is 33.0 Å². The van der Waals surface area contributed by atoms with Gasteiger partial charge in [0.05, 0.1) is 26.1 Å². The van der Waals surface area contributed by atoms with E-state index in [2.05, 4.69) is 36.9 Å². The predicted octanol–water partition coefficient (Wildman–Crippen LogP) is 8.64. The fourth-order valence-corrected chi connectivity index (χ4v) is 5.91. The third kappa shape index (κ3) is 6.42. The maximum atomic E-state index is 12.6. The number of nitrogens with zero attached hydrogens (tertiary/aromatic N) is 1. The predicted molar refractivity (Wildman–Crippen MR) is 153 cm³/mol. The Morgan fingerprint density at radius 3 is 2.39 bits per heavy atom. The van der Waals surface area contributed by atoms with Gasteiger partial charge in [0, 0.05) is 5.02 Å². The van der Waals surface area contributed by atoms with Crippen molar-refractivity contribution in [3.05, 3.63) is 108 Å². The third-order valence-electron chi connectivity index (χ3n) is 4.97. The molecular formula is C27H20Br2ClNO4S. The lowest BCUT2D eigenvalue weighted by Gasteiger charge is -2.12. The third-order valence-corrected chi connectivity index (χ3v) is 7.42. The van der Waals surface area contributed by atoms with Gasteiger partial charge in [-0.25, -0.2) is 9.79 Å². The minimum absolute atomic E-state index is 0.0537. The molecule has 36 heavy (non-hydrogen) atoms. The van der Waals surface area contributed by atoms with Gasteiger partial charge in [0.25, 0.3) is 0 Å². The summed E-state index contributed by atoms with van der Waals surface area (Å²) in [6.07, 6.45) is 1.78. The zero-order valence-electron chi connectivity index (χ0n) is 19.0. The number of thioether (sulfide) groups is 1. The maximum Gasteiger partial charge on any atom is 0.344 e. The molecule has 4 rings (SSSR count). The molecule has 1 aliphatic rings. The summed E-state index contributed by atoms with van der Waals surface area (Å²) in [4.78, 5) is 17.7. The molecular weight excluding hydrogens is 630 g/mol. The number of halogens is 3. The molecule has 0 amide bonds. The lowest BCUT2D eigenvalue weighted by molar-refractivity contribution is -0.138. The minimum Gasteiger partial charge on any atom is -0.506 e. The van der Waals surface area contributed by atoms with Gasteiger partial charge in [-0.15, -0.1) is 0 Å². The van der Waals surface area contributed by atoms with Gasteiger partial charge in [-0.05, 0) is 92.4 Å². The Kier molecular flexibility index (Phi) is 8.95. The number of benzene rings is 3. The van der Waals surface area contributed by atoms with Crippen LogP contribution in [0.1, 0.15) is 18.1 Å². The first-order valence-corrected chi connectivity index (χ1v) is 13.6. The highest BCUT2D eigenvalue weighted by molar-refractivity contribution is 9.11. The van der Waals surface area contributed by atoms with Crippen LogP contribution in [0, 0.1) is 0 Å². The SMILES string of the molecule is CCOC(=O)C1=C(O)/C(=C/c2cc(Br)c(OCc3ccc(Cl)cc3)c(Br)c2)SC1=Nc1ccccc1. The maximum absolute atomic E-state index is 12.6. The van der Waals surface area contributed by atoms with Gasteiger partial charge < -0.3 is 14.6 Å². The quantitative estimate of drug-likeness (QED) is 0.260. The number of para-hydroxylation sites is 1. The summed E-state index contributed by atoms with van der Waals surface area (Å²) in [5.74, 6) is -0.137. The number of aliphatic hydroxyl groups is 1. The van der Waals surface area contributed by atoms with Gasteiger partial charge in [0.2, 0.25) is 0 Å². The Bertz CT molecular complexity index is 1350. The summed E-state index contributed by atoms with van der Waals surface area (Å²) in [6, 6.07) is 20.4. The van der Waals surface area contributed by atoms with E-state index in [1.165, 1.54) is 11.8 Å². The number of rotatable bonds is 7. The van der Waals surface area contributed by atoms with Crippen LogP contribution in [0.15, 0.2) is 96.9 Å².